The van der Waals surface area contributed by atoms with Crippen molar-refractivity contribution in [1.29, 1.82) is 0 Å². The van der Waals surface area contributed by atoms with Crippen molar-refractivity contribution < 1.29 is 25.9 Å². The molecule has 31 heavy (non-hydrogen) atoms. The first-order chi connectivity index (χ1) is 14.4. The third-order valence-corrected chi connectivity index (χ3v) is 9.58. The van der Waals surface area contributed by atoms with Crippen molar-refractivity contribution in [3.8, 4) is 0 Å². The fourth-order valence-corrected chi connectivity index (χ4v) is 8.12. The summed E-state index contributed by atoms with van der Waals surface area (Å²) in [5, 5.41) is 0. The van der Waals surface area contributed by atoms with E-state index in [0.717, 1.165) is 37.7 Å². The Balaban J connectivity index is 2.09. The SMILES string of the molecule is CCC1(CC)CCC(c2ccccc2)(N2CCCC2CS(=O)(=O)O)CC1CS(=O)(=O)O. The highest BCUT2D eigenvalue weighted by Crippen LogP contribution is 2.56. The molecule has 0 spiro atoms. The molecule has 1 aromatic rings. The molecule has 2 N–H and O–H groups in total. The maximum absolute atomic E-state index is 12.0. The fourth-order valence-electron chi connectivity index (χ4n) is 6.31. The smallest absolute Gasteiger partial charge is 0.266 e. The van der Waals surface area contributed by atoms with Crippen LogP contribution in [0.25, 0.3) is 0 Å². The van der Waals surface area contributed by atoms with E-state index >= 15 is 0 Å². The summed E-state index contributed by atoms with van der Waals surface area (Å²) in [5.74, 6) is -0.865. The largest absolute Gasteiger partial charge is 0.290 e. The molecule has 0 bridgehead atoms. The molecule has 2 aliphatic rings. The molecule has 0 radical (unpaired) electrons. The molecule has 1 heterocycles. The first-order valence-electron chi connectivity index (χ1n) is 11.2. The van der Waals surface area contributed by atoms with Crippen LogP contribution >= 0.6 is 0 Å². The molecule has 0 amide bonds. The van der Waals surface area contributed by atoms with Crippen LogP contribution in [-0.4, -0.2) is 54.9 Å². The molecule has 1 saturated carbocycles. The van der Waals surface area contributed by atoms with Gasteiger partial charge in [0.25, 0.3) is 20.2 Å². The van der Waals surface area contributed by atoms with E-state index in [2.05, 4.69) is 18.7 Å². The summed E-state index contributed by atoms with van der Waals surface area (Å²) >= 11 is 0. The van der Waals surface area contributed by atoms with E-state index in [4.69, 9.17) is 0 Å². The van der Waals surface area contributed by atoms with Crippen LogP contribution in [0.4, 0.5) is 0 Å². The number of hydrogen-bond acceptors (Lipinski definition) is 5. The summed E-state index contributed by atoms with van der Waals surface area (Å²) in [4.78, 5) is 2.20. The molecule has 2 fully saturated rings. The molecule has 1 aromatic carbocycles. The van der Waals surface area contributed by atoms with E-state index in [1.165, 1.54) is 0 Å². The minimum absolute atomic E-state index is 0.188. The topological polar surface area (TPSA) is 112 Å². The second-order valence-corrected chi connectivity index (χ2v) is 12.3. The van der Waals surface area contributed by atoms with Gasteiger partial charge in [-0.15, -0.1) is 0 Å². The quantitative estimate of drug-likeness (QED) is 0.553. The summed E-state index contributed by atoms with van der Waals surface area (Å²) in [6, 6.07) is 9.56. The lowest BCUT2D eigenvalue weighted by molar-refractivity contribution is -0.0390. The molecular weight excluding hydrogens is 438 g/mol. The first-order valence-corrected chi connectivity index (χ1v) is 14.4. The van der Waals surface area contributed by atoms with Gasteiger partial charge < -0.3 is 0 Å². The molecule has 176 valence electrons. The normalized spacial score (nSPS) is 29.8. The molecular formula is C22H35NO6S2. The zero-order valence-corrected chi connectivity index (χ0v) is 20.0. The highest BCUT2D eigenvalue weighted by molar-refractivity contribution is 7.86. The van der Waals surface area contributed by atoms with Crippen molar-refractivity contribution in [1.82, 2.24) is 4.90 Å². The van der Waals surface area contributed by atoms with Crippen LogP contribution in [0.1, 0.15) is 64.4 Å². The Labute approximate surface area is 186 Å². The maximum atomic E-state index is 12.0. The average molecular weight is 474 g/mol. The monoisotopic (exact) mass is 473 g/mol. The van der Waals surface area contributed by atoms with Crippen molar-refractivity contribution >= 4 is 20.2 Å². The van der Waals surface area contributed by atoms with Gasteiger partial charge in [-0.25, -0.2) is 0 Å². The Morgan fingerprint density at radius 2 is 1.58 bits per heavy atom. The average Bonchev–Trinajstić information content (AvgIpc) is 3.14. The van der Waals surface area contributed by atoms with Crippen molar-refractivity contribution in [2.45, 2.75) is 70.4 Å². The standard InChI is InChI=1S/C22H35NO6S2/c1-3-21(4-2)12-13-22(18-9-6-5-7-10-18,15-19(21)16-30(24,25)26)23-14-8-11-20(23)17-31(27,28)29/h5-7,9-10,19-20H,3-4,8,11-17H2,1-2H3,(H,24,25,26)(H,27,28,29). The lowest BCUT2D eigenvalue weighted by Crippen LogP contribution is -2.56. The van der Waals surface area contributed by atoms with Crippen molar-refractivity contribution in [3.05, 3.63) is 35.9 Å². The molecule has 1 saturated heterocycles. The van der Waals surface area contributed by atoms with Gasteiger partial charge in [0, 0.05) is 11.6 Å². The third kappa shape index (κ3) is 5.33. The maximum Gasteiger partial charge on any atom is 0.266 e. The first kappa shape index (κ1) is 24.6. The van der Waals surface area contributed by atoms with Crippen LogP contribution in [0.2, 0.25) is 0 Å². The van der Waals surface area contributed by atoms with Crippen LogP contribution in [-0.2, 0) is 25.8 Å². The Kier molecular flexibility index (Phi) is 7.23. The molecule has 0 aromatic heterocycles. The predicted molar refractivity (Wildman–Crippen MR) is 121 cm³/mol. The summed E-state index contributed by atoms with van der Waals surface area (Å²) in [6.45, 7) is 4.85. The lowest BCUT2D eigenvalue weighted by Gasteiger charge is -2.56. The van der Waals surface area contributed by atoms with Gasteiger partial charge in [0.1, 0.15) is 0 Å². The van der Waals surface area contributed by atoms with Gasteiger partial charge in [0.05, 0.1) is 11.5 Å². The van der Waals surface area contributed by atoms with Crippen molar-refractivity contribution in [2.24, 2.45) is 11.3 Å². The van der Waals surface area contributed by atoms with Crippen LogP contribution in [0.5, 0.6) is 0 Å². The minimum Gasteiger partial charge on any atom is -0.290 e. The number of nitrogens with zero attached hydrogens (tertiary/aromatic N) is 1. The van der Waals surface area contributed by atoms with Gasteiger partial charge in [0.2, 0.25) is 0 Å². The second kappa shape index (κ2) is 9.09. The van der Waals surface area contributed by atoms with Crippen molar-refractivity contribution in [2.75, 3.05) is 18.1 Å². The second-order valence-electron chi connectivity index (χ2n) is 9.35. The summed E-state index contributed by atoms with van der Waals surface area (Å²) in [6.07, 6.45) is 5.24. The van der Waals surface area contributed by atoms with Gasteiger partial charge >= 0.3 is 0 Å². The summed E-state index contributed by atoms with van der Waals surface area (Å²) in [5.41, 5.74) is 0.321. The lowest BCUT2D eigenvalue weighted by atomic mass is 9.57. The summed E-state index contributed by atoms with van der Waals surface area (Å²) in [7, 11) is -8.31. The predicted octanol–water partition coefficient (Wildman–Crippen LogP) is 3.73. The zero-order chi connectivity index (χ0) is 22.9. The highest BCUT2D eigenvalue weighted by Gasteiger charge is 2.53. The molecule has 3 unspecified atom stereocenters. The van der Waals surface area contributed by atoms with Crippen LogP contribution in [0.3, 0.4) is 0 Å². The Morgan fingerprint density at radius 3 is 2.13 bits per heavy atom. The molecule has 3 atom stereocenters. The molecule has 3 rings (SSSR count). The Hall–Kier alpha value is -1.00. The number of likely N-dealkylation sites (tertiary alicyclic amines) is 1. The Morgan fingerprint density at radius 1 is 0.968 bits per heavy atom. The van der Waals surface area contributed by atoms with Crippen LogP contribution < -0.4 is 0 Å². The van der Waals surface area contributed by atoms with Gasteiger partial charge in [-0.1, -0.05) is 57.0 Å². The van der Waals surface area contributed by atoms with Gasteiger partial charge in [-0.05, 0) is 55.5 Å². The van der Waals surface area contributed by atoms with Gasteiger partial charge in [0.15, 0.2) is 0 Å². The Bertz CT molecular complexity index is 959. The van der Waals surface area contributed by atoms with Gasteiger partial charge in [-0.2, -0.15) is 16.8 Å². The van der Waals surface area contributed by atoms with Crippen LogP contribution in [0, 0.1) is 11.3 Å². The number of rotatable bonds is 8. The van der Waals surface area contributed by atoms with Crippen molar-refractivity contribution in [3.63, 3.8) is 0 Å². The van der Waals surface area contributed by atoms with Gasteiger partial charge in [-0.3, -0.25) is 14.0 Å². The van der Waals surface area contributed by atoms with E-state index in [1.54, 1.807) is 0 Å². The number of hydrogen-bond donors (Lipinski definition) is 2. The molecule has 9 heteroatoms. The molecule has 7 nitrogen and oxygen atoms in total. The fraction of sp³-hybridized carbons (Fsp3) is 0.727. The van der Waals surface area contributed by atoms with E-state index in [9.17, 15) is 25.9 Å². The minimum atomic E-state index is -4.17. The molecule has 1 aliphatic carbocycles. The zero-order valence-electron chi connectivity index (χ0n) is 18.4. The molecule has 1 aliphatic heterocycles. The van der Waals surface area contributed by atoms with E-state index in [1.807, 2.05) is 30.3 Å². The van der Waals surface area contributed by atoms with Crippen LogP contribution in [0.15, 0.2) is 30.3 Å². The third-order valence-electron chi connectivity index (χ3n) is 7.95. The summed E-state index contributed by atoms with van der Waals surface area (Å²) < 4.78 is 66.7. The van der Waals surface area contributed by atoms with E-state index in [-0.39, 0.29) is 28.9 Å². The van der Waals surface area contributed by atoms with E-state index < -0.39 is 25.8 Å². The van der Waals surface area contributed by atoms with E-state index in [0.29, 0.717) is 19.4 Å². The highest BCUT2D eigenvalue weighted by atomic mass is 32.2. The number of benzene rings is 1.